The molecule has 0 radical (unpaired) electrons. The molecule has 1 heterocycles. The van der Waals surface area contributed by atoms with Crippen LogP contribution in [-0.4, -0.2) is 48.1 Å². The average molecular weight is 450 g/mol. The van der Waals surface area contributed by atoms with Crippen molar-refractivity contribution in [2.45, 2.75) is 51.9 Å². The summed E-state index contributed by atoms with van der Waals surface area (Å²) in [6.07, 6.45) is 1.70. The Hall–Kier alpha value is -2.74. The third-order valence-electron chi connectivity index (χ3n) is 5.58. The van der Waals surface area contributed by atoms with Gasteiger partial charge in [0.05, 0.1) is 6.10 Å². The number of likely N-dealkylation sites (tertiary alicyclic amines) is 1. The second-order valence-corrected chi connectivity index (χ2v) is 8.47. The molecule has 0 unspecified atom stereocenters. The second kappa shape index (κ2) is 10.7. The first-order valence-corrected chi connectivity index (χ1v) is 10.9. The van der Waals surface area contributed by atoms with Crippen molar-refractivity contribution in [3.63, 3.8) is 0 Å². The Labute approximate surface area is 187 Å². The molecule has 2 aromatic rings. The van der Waals surface area contributed by atoms with Crippen molar-refractivity contribution in [3.05, 3.63) is 65.0 Å². The third-order valence-corrected chi connectivity index (χ3v) is 5.58. The summed E-state index contributed by atoms with van der Waals surface area (Å²) in [7, 11) is 2.04. The molecule has 0 aliphatic carbocycles. The Bertz CT molecular complexity index is 913. The van der Waals surface area contributed by atoms with Gasteiger partial charge in [0, 0.05) is 24.7 Å². The van der Waals surface area contributed by atoms with Crippen LogP contribution >= 0.6 is 0 Å². The Kier molecular flexibility index (Phi) is 8.01. The van der Waals surface area contributed by atoms with Crippen molar-refractivity contribution in [2.75, 3.05) is 20.1 Å². The van der Waals surface area contributed by atoms with E-state index in [4.69, 9.17) is 4.74 Å². The lowest BCUT2D eigenvalue weighted by Gasteiger charge is -2.37. The molecule has 2 aromatic carbocycles. The van der Waals surface area contributed by atoms with E-state index in [2.05, 4.69) is 10.2 Å². The molecule has 1 fully saturated rings. The summed E-state index contributed by atoms with van der Waals surface area (Å²) >= 11 is 0. The highest BCUT2D eigenvalue weighted by Crippen LogP contribution is 2.21. The number of halogens is 3. The van der Waals surface area contributed by atoms with Gasteiger partial charge in [-0.15, -0.1) is 0 Å². The van der Waals surface area contributed by atoms with Gasteiger partial charge in [0.2, 0.25) is 0 Å². The van der Waals surface area contributed by atoms with Crippen LogP contribution in [0.4, 0.5) is 18.0 Å². The molecular formula is C24H30F3N3O2. The highest BCUT2D eigenvalue weighted by molar-refractivity contribution is 5.74. The number of hydrogen-bond acceptors (Lipinski definition) is 3. The maximum Gasteiger partial charge on any atom is 0.318 e. The molecule has 1 saturated heterocycles. The molecule has 2 amide bonds. The van der Waals surface area contributed by atoms with E-state index in [1.165, 1.54) is 0 Å². The minimum atomic E-state index is -1.53. The van der Waals surface area contributed by atoms with Crippen LogP contribution in [0, 0.1) is 17.5 Å². The first-order valence-electron chi connectivity index (χ1n) is 10.9. The van der Waals surface area contributed by atoms with Gasteiger partial charge in [-0.05, 0) is 70.6 Å². The van der Waals surface area contributed by atoms with Gasteiger partial charge in [-0.3, -0.25) is 0 Å². The first-order chi connectivity index (χ1) is 15.2. The second-order valence-electron chi connectivity index (χ2n) is 8.47. The molecular weight excluding hydrogens is 419 g/mol. The number of ether oxygens (including phenoxy) is 1. The molecule has 8 heteroatoms. The monoisotopic (exact) mass is 449 g/mol. The van der Waals surface area contributed by atoms with E-state index >= 15 is 0 Å². The number of hydrogen-bond donors (Lipinski definition) is 1. The lowest BCUT2D eigenvalue weighted by molar-refractivity contribution is 0.127. The Balaban J connectivity index is 1.72. The number of carbonyl (C=O) groups excluding carboxylic acids is 1. The highest BCUT2D eigenvalue weighted by Gasteiger charge is 2.27. The summed E-state index contributed by atoms with van der Waals surface area (Å²) in [4.78, 5) is 17.0. The van der Waals surface area contributed by atoms with Crippen LogP contribution < -0.4 is 10.1 Å². The maximum absolute atomic E-state index is 14.0. The van der Waals surface area contributed by atoms with E-state index in [0.29, 0.717) is 6.54 Å². The summed E-state index contributed by atoms with van der Waals surface area (Å²) in [5.41, 5.74) is 0.838. The number of carbonyl (C=O) groups is 1. The number of nitrogens with zero attached hydrogens (tertiary/aromatic N) is 2. The molecule has 5 nitrogen and oxygen atoms in total. The highest BCUT2D eigenvalue weighted by atomic mass is 19.2. The number of piperidine rings is 1. The SMILES string of the molecule is CC(C)Oc1ccc(CN(C(=O)NCc2ccc(F)c(F)c2F)C2CCN(C)CC2)cc1. The maximum atomic E-state index is 14.0. The van der Waals surface area contributed by atoms with Gasteiger partial charge in [0.25, 0.3) is 0 Å². The van der Waals surface area contributed by atoms with E-state index in [-0.39, 0.29) is 30.3 Å². The molecule has 3 rings (SSSR count). The van der Waals surface area contributed by atoms with Crippen molar-refractivity contribution < 1.29 is 22.7 Å². The van der Waals surface area contributed by atoms with Gasteiger partial charge in [-0.25, -0.2) is 18.0 Å². The standard InChI is InChI=1S/C24H30F3N3O2/c1-16(2)32-20-7-4-17(5-8-20)15-30(19-10-12-29(3)13-11-19)24(31)28-14-18-6-9-21(25)23(27)22(18)26/h4-9,16,19H,10-15H2,1-3H3,(H,28,31). The molecule has 1 N–H and O–H groups in total. The van der Waals surface area contributed by atoms with Crippen molar-refractivity contribution in [1.82, 2.24) is 15.1 Å². The van der Waals surface area contributed by atoms with E-state index in [0.717, 1.165) is 49.4 Å². The zero-order valence-corrected chi connectivity index (χ0v) is 18.7. The van der Waals surface area contributed by atoms with Gasteiger partial charge >= 0.3 is 6.03 Å². The number of amides is 2. The fourth-order valence-corrected chi connectivity index (χ4v) is 3.79. The molecule has 0 saturated carbocycles. The Morgan fingerprint density at radius 3 is 2.38 bits per heavy atom. The number of rotatable bonds is 7. The van der Waals surface area contributed by atoms with Crippen LogP contribution in [0.15, 0.2) is 36.4 Å². The van der Waals surface area contributed by atoms with E-state index in [1.54, 1.807) is 4.90 Å². The molecule has 0 spiro atoms. The van der Waals surface area contributed by atoms with Crippen LogP contribution in [-0.2, 0) is 13.1 Å². The largest absolute Gasteiger partial charge is 0.491 e. The molecule has 1 aliphatic rings. The quantitative estimate of drug-likeness (QED) is 0.624. The van der Waals surface area contributed by atoms with Crippen molar-refractivity contribution >= 4 is 6.03 Å². The molecule has 32 heavy (non-hydrogen) atoms. The number of nitrogens with one attached hydrogen (secondary N) is 1. The van der Waals surface area contributed by atoms with Crippen LogP contribution in [0.3, 0.4) is 0 Å². The van der Waals surface area contributed by atoms with Crippen molar-refractivity contribution in [2.24, 2.45) is 0 Å². The molecule has 174 valence electrons. The Morgan fingerprint density at radius 2 is 1.75 bits per heavy atom. The van der Waals surface area contributed by atoms with Gasteiger partial charge in [0.15, 0.2) is 17.5 Å². The van der Waals surface area contributed by atoms with Crippen LogP contribution in [0.5, 0.6) is 5.75 Å². The lowest BCUT2D eigenvalue weighted by atomic mass is 10.0. The fraction of sp³-hybridized carbons (Fsp3) is 0.458. The van der Waals surface area contributed by atoms with Gasteiger partial charge in [0.1, 0.15) is 5.75 Å². The van der Waals surface area contributed by atoms with Crippen LogP contribution in [0.2, 0.25) is 0 Å². The summed E-state index contributed by atoms with van der Waals surface area (Å²) in [5, 5.41) is 2.67. The summed E-state index contributed by atoms with van der Waals surface area (Å²) in [5.74, 6) is -3.31. The van der Waals surface area contributed by atoms with Crippen LogP contribution in [0.1, 0.15) is 37.8 Å². The smallest absolute Gasteiger partial charge is 0.318 e. The molecule has 1 aliphatic heterocycles. The van der Waals surface area contributed by atoms with Crippen molar-refractivity contribution in [1.29, 1.82) is 0 Å². The zero-order valence-electron chi connectivity index (χ0n) is 18.7. The third kappa shape index (κ3) is 6.16. The predicted molar refractivity (Wildman–Crippen MR) is 117 cm³/mol. The lowest BCUT2D eigenvalue weighted by Crippen LogP contribution is -2.49. The van der Waals surface area contributed by atoms with Crippen molar-refractivity contribution in [3.8, 4) is 5.75 Å². The number of benzene rings is 2. The minimum absolute atomic E-state index is 0.0209. The zero-order chi connectivity index (χ0) is 23.3. The molecule has 0 bridgehead atoms. The fourth-order valence-electron chi connectivity index (χ4n) is 3.79. The van der Waals surface area contributed by atoms with Gasteiger partial charge < -0.3 is 19.9 Å². The van der Waals surface area contributed by atoms with Gasteiger partial charge in [-0.1, -0.05) is 18.2 Å². The minimum Gasteiger partial charge on any atom is -0.491 e. The molecule has 0 aromatic heterocycles. The summed E-state index contributed by atoms with van der Waals surface area (Å²) in [6, 6.07) is 9.23. The van der Waals surface area contributed by atoms with E-state index < -0.39 is 17.5 Å². The summed E-state index contributed by atoms with van der Waals surface area (Å²) < 4.78 is 46.4. The average Bonchev–Trinajstić information content (AvgIpc) is 2.76. The Morgan fingerprint density at radius 1 is 1.09 bits per heavy atom. The van der Waals surface area contributed by atoms with E-state index in [1.807, 2.05) is 45.2 Å². The summed E-state index contributed by atoms with van der Waals surface area (Å²) in [6.45, 7) is 5.79. The predicted octanol–water partition coefficient (Wildman–Crippen LogP) is 4.70. The van der Waals surface area contributed by atoms with Gasteiger partial charge in [-0.2, -0.15) is 0 Å². The topological polar surface area (TPSA) is 44.8 Å². The van der Waals surface area contributed by atoms with Crippen LogP contribution in [0.25, 0.3) is 0 Å². The normalized spacial score (nSPS) is 15.1. The molecule has 0 atom stereocenters. The number of urea groups is 1. The first kappa shape index (κ1) is 23.9. The van der Waals surface area contributed by atoms with E-state index in [9.17, 15) is 18.0 Å².